The van der Waals surface area contributed by atoms with Crippen LogP contribution < -0.4 is 4.90 Å². The molecule has 0 saturated heterocycles. The lowest BCUT2D eigenvalue weighted by Gasteiger charge is -2.28. The molecule has 1 heterocycles. The van der Waals surface area contributed by atoms with Crippen LogP contribution >= 0.6 is 0 Å². The lowest BCUT2D eigenvalue weighted by Crippen LogP contribution is -2.11. The third kappa shape index (κ3) is 4.95. The minimum atomic E-state index is 0.818. The van der Waals surface area contributed by atoms with Gasteiger partial charge in [-0.1, -0.05) is 140 Å². The standard InChI is InChI=1S/C52H35NO/c1-2-15-40(16-3-1)53(42-26-24-34-22-23-35-25-29-50-52(51(35)48(34)33-42)47-20-10-11-21-49(47)54-50)41-27-28-46-39(32-41)31-38-14-6-8-18-44(38)43-17-7-4-12-36(43)30-37-13-5-9-19-45(37)46/h1-29,32-33H,30-31H2. The van der Waals surface area contributed by atoms with Gasteiger partial charge in [0.1, 0.15) is 11.2 Å². The second kappa shape index (κ2) is 12.4. The first-order valence-corrected chi connectivity index (χ1v) is 18.8. The van der Waals surface area contributed by atoms with Crippen LogP contribution in [0.5, 0.6) is 0 Å². The van der Waals surface area contributed by atoms with E-state index in [4.69, 9.17) is 4.42 Å². The second-order valence-electron chi connectivity index (χ2n) is 14.4. The molecule has 1 aliphatic carbocycles. The van der Waals surface area contributed by atoms with Crippen LogP contribution in [0.4, 0.5) is 17.1 Å². The van der Waals surface area contributed by atoms with Gasteiger partial charge in [-0.15, -0.1) is 0 Å². The molecular weight excluding hydrogens is 655 g/mol. The van der Waals surface area contributed by atoms with Crippen molar-refractivity contribution in [1.82, 2.24) is 0 Å². The average molecular weight is 690 g/mol. The predicted octanol–water partition coefficient (Wildman–Crippen LogP) is 14.2. The van der Waals surface area contributed by atoms with Crippen LogP contribution in [0.1, 0.15) is 22.3 Å². The second-order valence-corrected chi connectivity index (χ2v) is 14.4. The summed E-state index contributed by atoms with van der Waals surface area (Å²) in [5.74, 6) is 0. The van der Waals surface area contributed by atoms with Gasteiger partial charge in [-0.25, -0.2) is 0 Å². The number of para-hydroxylation sites is 2. The largest absolute Gasteiger partial charge is 0.456 e. The lowest BCUT2D eigenvalue weighted by molar-refractivity contribution is 0.669. The Kier molecular flexibility index (Phi) is 7.03. The molecule has 54 heavy (non-hydrogen) atoms. The minimum absolute atomic E-state index is 0.818. The first kappa shape index (κ1) is 30.7. The van der Waals surface area contributed by atoms with Gasteiger partial charge in [0.2, 0.25) is 0 Å². The van der Waals surface area contributed by atoms with E-state index in [0.717, 1.165) is 46.5 Å². The highest BCUT2D eigenvalue weighted by Crippen LogP contribution is 2.44. The first-order valence-electron chi connectivity index (χ1n) is 18.8. The maximum Gasteiger partial charge on any atom is 0.136 e. The van der Waals surface area contributed by atoms with E-state index in [0.29, 0.717) is 0 Å². The summed E-state index contributed by atoms with van der Waals surface area (Å²) in [6, 6.07) is 68.8. The van der Waals surface area contributed by atoms with Gasteiger partial charge < -0.3 is 9.32 Å². The van der Waals surface area contributed by atoms with Crippen LogP contribution in [0, 0.1) is 0 Å². The van der Waals surface area contributed by atoms with E-state index < -0.39 is 0 Å². The fourth-order valence-electron chi connectivity index (χ4n) is 8.86. The van der Waals surface area contributed by atoms with Crippen molar-refractivity contribution in [2.45, 2.75) is 12.8 Å². The molecule has 0 bridgehead atoms. The SMILES string of the molecule is c1ccc(N(c2ccc3c(c2)Cc2ccccc2-c2ccccc2Cc2ccccc2-3)c2ccc3ccc4ccc5oc6ccccc6c5c4c3c2)cc1. The van der Waals surface area contributed by atoms with Gasteiger partial charge in [-0.3, -0.25) is 0 Å². The number of hydrogen-bond donors (Lipinski definition) is 0. The third-order valence-corrected chi connectivity index (χ3v) is 11.3. The highest BCUT2D eigenvalue weighted by Gasteiger charge is 2.21. The van der Waals surface area contributed by atoms with E-state index in [1.165, 1.54) is 71.4 Å². The van der Waals surface area contributed by atoms with Gasteiger partial charge >= 0.3 is 0 Å². The first-order chi connectivity index (χ1) is 26.8. The fraction of sp³-hybridized carbons (Fsp3) is 0.0385. The molecule has 0 saturated carbocycles. The molecule has 0 unspecified atom stereocenters. The fourth-order valence-corrected chi connectivity index (χ4v) is 8.86. The Balaban J connectivity index is 1.14. The minimum Gasteiger partial charge on any atom is -0.456 e. The number of hydrogen-bond acceptors (Lipinski definition) is 2. The van der Waals surface area contributed by atoms with Crippen molar-refractivity contribution in [2.75, 3.05) is 4.90 Å². The lowest BCUT2D eigenvalue weighted by atomic mass is 9.84. The number of anilines is 3. The summed E-state index contributed by atoms with van der Waals surface area (Å²) in [6.45, 7) is 0. The van der Waals surface area contributed by atoms with Crippen LogP contribution in [0.2, 0.25) is 0 Å². The summed E-state index contributed by atoms with van der Waals surface area (Å²) in [7, 11) is 0. The van der Waals surface area contributed by atoms with Crippen molar-refractivity contribution in [1.29, 1.82) is 0 Å². The van der Waals surface area contributed by atoms with Gasteiger partial charge in [-0.2, -0.15) is 0 Å². The quantitative estimate of drug-likeness (QED) is 0.172. The summed E-state index contributed by atoms with van der Waals surface area (Å²) in [5, 5.41) is 7.16. The summed E-state index contributed by atoms with van der Waals surface area (Å²) in [5.41, 5.74) is 15.7. The molecule has 0 aliphatic heterocycles. The van der Waals surface area contributed by atoms with Crippen molar-refractivity contribution in [3.8, 4) is 22.3 Å². The predicted molar refractivity (Wildman–Crippen MR) is 226 cm³/mol. The highest BCUT2D eigenvalue weighted by atomic mass is 16.3. The van der Waals surface area contributed by atoms with Crippen molar-refractivity contribution in [3.05, 3.63) is 210 Å². The number of furan rings is 1. The Morgan fingerprint density at radius 2 is 0.870 bits per heavy atom. The number of rotatable bonds is 3. The number of benzene rings is 9. The zero-order valence-corrected chi connectivity index (χ0v) is 29.7. The van der Waals surface area contributed by atoms with Crippen LogP contribution in [0.25, 0.3) is 65.7 Å². The molecule has 1 aliphatic rings. The average Bonchev–Trinajstić information content (AvgIpc) is 3.61. The van der Waals surface area contributed by atoms with Gasteiger partial charge in [0, 0.05) is 33.2 Å². The van der Waals surface area contributed by atoms with Crippen molar-refractivity contribution < 1.29 is 4.42 Å². The Labute approximate surface area is 314 Å². The van der Waals surface area contributed by atoms with E-state index in [1.807, 2.05) is 6.07 Å². The Hall–Kier alpha value is -6.90. The van der Waals surface area contributed by atoms with Crippen LogP contribution in [0.3, 0.4) is 0 Å². The van der Waals surface area contributed by atoms with Crippen molar-refractivity contribution >= 4 is 60.5 Å². The number of fused-ring (bicyclic) bond motifs is 13. The van der Waals surface area contributed by atoms with Crippen LogP contribution in [-0.4, -0.2) is 0 Å². The Morgan fingerprint density at radius 3 is 1.61 bits per heavy atom. The summed E-state index contributed by atoms with van der Waals surface area (Å²) in [4.78, 5) is 2.41. The highest BCUT2D eigenvalue weighted by molar-refractivity contribution is 6.27. The van der Waals surface area contributed by atoms with E-state index >= 15 is 0 Å². The number of nitrogens with zero attached hydrogens (tertiary/aromatic N) is 1. The molecule has 10 aromatic rings. The summed E-state index contributed by atoms with van der Waals surface area (Å²) < 4.78 is 6.37. The molecule has 9 aromatic carbocycles. The third-order valence-electron chi connectivity index (χ3n) is 11.3. The molecule has 0 spiro atoms. The normalized spacial score (nSPS) is 12.3. The van der Waals surface area contributed by atoms with Crippen molar-refractivity contribution in [3.63, 3.8) is 0 Å². The van der Waals surface area contributed by atoms with Gasteiger partial charge in [0.25, 0.3) is 0 Å². The summed E-state index contributed by atoms with van der Waals surface area (Å²) >= 11 is 0. The van der Waals surface area contributed by atoms with Gasteiger partial charge in [0.15, 0.2) is 0 Å². The molecule has 254 valence electrons. The molecule has 0 N–H and O–H groups in total. The molecule has 11 rings (SSSR count). The monoisotopic (exact) mass is 689 g/mol. The Morgan fingerprint density at radius 1 is 0.333 bits per heavy atom. The van der Waals surface area contributed by atoms with Gasteiger partial charge in [0.05, 0.1) is 0 Å². The molecule has 0 fully saturated rings. The molecule has 2 nitrogen and oxygen atoms in total. The van der Waals surface area contributed by atoms with E-state index in [2.05, 4.69) is 187 Å². The smallest absolute Gasteiger partial charge is 0.136 e. The van der Waals surface area contributed by atoms with Gasteiger partial charge in [-0.05, 0) is 122 Å². The molecule has 1 aromatic heterocycles. The molecule has 0 amide bonds. The maximum absolute atomic E-state index is 6.37. The van der Waals surface area contributed by atoms with E-state index in [9.17, 15) is 0 Å². The zero-order chi connectivity index (χ0) is 35.6. The van der Waals surface area contributed by atoms with Crippen LogP contribution in [0.15, 0.2) is 192 Å². The molecule has 0 radical (unpaired) electrons. The maximum atomic E-state index is 6.37. The molecule has 0 atom stereocenters. The molecule has 2 heteroatoms. The summed E-state index contributed by atoms with van der Waals surface area (Å²) in [6.07, 6.45) is 1.70. The topological polar surface area (TPSA) is 16.4 Å². The zero-order valence-electron chi connectivity index (χ0n) is 29.7. The van der Waals surface area contributed by atoms with E-state index in [-0.39, 0.29) is 0 Å². The van der Waals surface area contributed by atoms with E-state index in [1.54, 1.807) is 0 Å². The van der Waals surface area contributed by atoms with Crippen LogP contribution in [-0.2, 0) is 12.8 Å². The van der Waals surface area contributed by atoms with Crippen molar-refractivity contribution in [2.24, 2.45) is 0 Å². The molecular formula is C52H35NO. The Bertz CT molecular complexity index is 3060.